The number of amides is 1. The smallest absolute Gasteiger partial charge is 0.257 e. The Balaban J connectivity index is 1.35. The molecule has 0 fully saturated rings. The van der Waals surface area contributed by atoms with E-state index in [0.29, 0.717) is 22.9 Å². The molecule has 0 saturated heterocycles. The highest BCUT2D eigenvalue weighted by atomic mass is 35.5. The minimum Gasteiger partial charge on any atom is -0.331 e. The van der Waals surface area contributed by atoms with Crippen molar-refractivity contribution in [3.63, 3.8) is 0 Å². The van der Waals surface area contributed by atoms with E-state index in [0.717, 1.165) is 35.0 Å². The van der Waals surface area contributed by atoms with Crippen molar-refractivity contribution in [2.45, 2.75) is 29.8 Å². The van der Waals surface area contributed by atoms with Crippen LogP contribution in [0.2, 0.25) is 5.02 Å². The fraction of sp³-hybridized carbons (Fsp3) is 0.217. The van der Waals surface area contributed by atoms with Gasteiger partial charge in [-0.15, -0.1) is 5.10 Å². The van der Waals surface area contributed by atoms with E-state index in [9.17, 15) is 4.79 Å². The van der Waals surface area contributed by atoms with Crippen LogP contribution < -0.4 is 0 Å². The molecule has 0 radical (unpaired) electrons. The summed E-state index contributed by atoms with van der Waals surface area (Å²) in [6.45, 7) is 0.734. The molecule has 8 heteroatoms. The van der Waals surface area contributed by atoms with E-state index in [4.69, 9.17) is 16.7 Å². The molecule has 4 aromatic rings. The first-order valence-corrected chi connectivity index (χ1v) is 11.5. The number of benzene rings is 2. The van der Waals surface area contributed by atoms with Crippen molar-refractivity contribution in [3.8, 4) is 0 Å². The van der Waals surface area contributed by atoms with E-state index in [1.807, 2.05) is 35.2 Å². The van der Waals surface area contributed by atoms with Crippen LogP contribution in [0.1, 0.15) is 38.8 Å². The van der Waals surface area contributed by atoms with Crippen LogP contribution >= 0.6 is 23.4 Å². The van der Waals surface area contributed by atoms with Crippen molar-refractivity contribution in [1.29, 1.82) is 0 Å². The SMILES string of the molecule is O=C1c2cnc3nc(SCc4ccc(Cl)cc4)nn3c2C[C@@H]2c3ccccc3CCN12. The molecular weight excluding hydrogens is 430 g/mol. The molecule has 6 rings (SSSR count). The maximum Gasteiger partial charge on any atom is 0.257 e. The minimum atomic E-state index is 0.0287. The quantitative estimate of drug-likeness (QED) is 0.436. The van der Waals surface area contributed by atoms with Crippen molar-refractivity contribution in [2.24, 2.45) is 0 Å². The number of rotatable bonds is 3. The van der Waals surface area contributed by atoms with Crippen LogP contribution in [0.3, 0.4) is 0 Å². The lowest BCUT2D eigenvalue weighted by Gasteiger charge is -2.40. The number of nitrogens with zero attached hydrogens (tertiary/aromatic N) is 5. The van der Waals surface area contributed by atoms with Crippen LogP contribution in [0, 0.1) is 0 Å². The number of carbonyl (C=O) groups is 1. The molecule has 2 aromatic heterocycles. The van der Waals surface area contributed by atoms with Gasteiger partial charge in [0.15, 0.2) is 0 Å². The van der Waals surface area contributed by atoms with Gasteiger partial charge < -0.3 is 4.90 Å². The monoisotopic (exact) mass is 447 g/mol. The van der Waals surface area contributed by atoms with Gasteiger partial charge in [-0.05, 0) is 35.2 Å². The summed E-state index contributed by atoms with van der Waals surface area (Å²) in [7, 11) is 0. The topological polar surface area (TPSA) is 63.4 Å². The number of fused-ring (bicyclic) bond motifs is 6. The van der Waals surface area contributed by atoms with Gasteiger partial charge in [0.2, 0.25) is 5.16 Å². The summed E-state index contributed by atoms with van der Waals surface area (Å²) in [5.74, 6) is 1.29. The van der Waals surface area contributed by atoms with Crippen LogP contribution in [-0.4, -0.2) is 36.9 Å². The molecule has 4 heterocycles. The van der Waals surface area contributed by atoms with Crippen LogP contribution in [0.5, 0.6) is 0 Å². The fourth-order valence-corrected chi connectivity index (χ4v) is 5.38. The maximum absolute atomic E-state index is 13.3. The summed E-state index contributed by atoms with van der Waals surface area (Å²) in [5, 5.41) is 6.06. The Morgan fingerprint density at radius 1 is 1.13 bits per heavy atom. The molecule has 31 heavy (non-hydrogen) atoms. The largest absolute Gasteiger partial charge is 0.331 e. The van der Waals surface area contributed by atoms with Gasteiger partial charge in [0.25, 0.3) is 11.7 Å². The van der Waals surface area contributed by atoms with Crippen molar-refractivity contribution in [1.82, 2.24) is 24.5 Å². The van der Waals surface area contributed by atoms with E-state index in [1.165, 1.54) is 11.1 Å². The standard InChI is InChI=1S/C23H18ClN5OS/c24-16-7-5-14(6-8-16)13-31-23-26-22-25-12-18-20(29(22)27-23)11-19-17-4-2-1-3-15(17)9-10-28(19)21(18)30/h1-8,12,19H,9-11,13H2/t19-/m1/s1. The van der Waals surface area contributed by atoms with E-state index >= 15 is 0 Å². The summed E-state index contributed by atoms with van der Waals surface area (Å²) in [6, 6.07) is 16.2. The summed E-state index contributed by atoms with van der Waals surface area (Å²) < 4.78 is 1.76. The van der Waals surface area contributed by atoms with E-state index in [2.05, 4.69) is 28.2 Å². The molecule has 0 spiro atoms. The normalized spacial score (nSPS) is 17.4. The third-order valence-electron chi connectivity index (χ3n) is 6.02. The first-order chi connectivity index (χ1) is 15.2. The number of hydrogen-bond acceptors (Lipinski definition) is 5. The fourth-order valence-electron chi connectivity index (χ4n) is 4.48. The summed E-state index contributed by atoms with van der Waals surface area (Å²) in [4.78, 5) is 24.2. The number of hydrogen-bond donors (Lipinski definition) is 0. The zero-order valence-electron chi connectivity index (χ0n) is 16.5. The van der Waals surface area contributed by atoms with Gasteiger partial charge in [0.05, 0.1) is 17.3 Å². The third kappa shape index (κ3) is 3.20. The molecule has 2 aliphatic heterocycles. The average Bonchev–Trinajstić information content (AvgIpc) is 3.22. The first-order valence-electron chi connectivity index (χ1n) is 10.2. The number of carbonyl (C=O) groups excluding carboxylic acids is 1. The molecular formula is C23H18ClN5OS. The van der Waals surface area contributed by atoms with E-state index < -0.39 is 0 Å². The molecule has 0 N–H and O–H groups in total. The summed E-state index contributed by atoms with van der Waals surface area (Å²) in [6.07, 6.45) is 3.26. The second kappa shape index (κ2) is 7.35. The molecule has 1 atom stereocenters. The molecule has 2 aliphatic rings. The van der Waals surface area contributed by atoms with E-state index in [-0.39, 0.29) is 11.9 Å². The molecule has 1 amide bonds. The molecule has 0 saturated carbocycles. The Hall–Kier alpha value is -2.90. The Bertz CT molecular complexity index is 1320. The van der Waals surface area contributed by atoms with Gasteiger partial charge >= 0.3 is 0 Å². The number of aromatic nitrogens is 4. The Labute approximate surface area is 188 Å². The maximum atomic E-state index is 13.3. The number of thioether (sulfide) groups is 1. The highest BCUT2D eigenvalue weighted by Crippen LogP contribution is 2.37. The Morgan fingerprint density at radius 2 is 1.97 bits per heavy atom. The third-order valence-corrected chi connectivity index (χ3v) is 7.18. The second-order valence-corrected chi connectivity index (χ2v) is 9.19. The Morgan fingerprint density at radius 3 is 2.84 bits per heavy atom. The van der Waals surface area contributed by atoms with Gasteiger partial charge in [-0.25, -0.2) is 4.98 Å². The molecule has 0 unspecified atom stereocenters. The lowest BCUT2D eigenvalue weighted by Crippen LogP contribution is -2.45. The van der Waals surface area contributed by atoms with Crippen molar-refractivity contribution in [3.05, 3.63) is 87.7 Å². The minimum absolute atomic E-state index is 0.0287. The van der Waals surface area contributed by atoms with Gasteiger partial charge in [0.1, 0.15) is 0 Å². The molecule has 6 nitrogen and oxygen atoms in total. The summed E-state index contributed by atoms with van der Waals surface area (Å²) in [5.41, 5.74) is 5.22. The predicted octanol–water partition coefficient (Wildman–Crippen LogP) is 4.37. The molecule has 0 aliphatic carbocycles. The molecule has 2 aromatic carbocycles. The van der Waals surface area contributed by atoms with Crippen LogP contribution in [-0.2, 0) is 18.6 Å². The summed E-state index contributed by atoms with van der Waals surface area (Å²) >= 11 is 7.51. The second-order valence-electron chi connectivity index (χ2n) is 7.81. The van der Waals surface area contributed by atoms with Gasteiger partial charge in [0, 0.05) is 29.9 Å². The molecule has 154 valence electrons. The average molecular weight is 448 g/mol. The highest BCUT2D eigenvalue weighted by Gasteiger charge is 2.38. The van der Waals surface area contributed by atoms with Crippen LogP contribution in [0.4, 0.5) is 0 Å². The van der Waals surface area contributed by atoms with Crippen LogP contribution in [0.25, 0.3) is 5.78 Å². The first kappa shape index (κ1) is 18.8. The van der Waals surface area contributed by atoms with Crippen molar-refractivity contribution < 1.29 is 4.79 Å². The lowest BCUT2D eigenvalue weighted by atomic mass is 9.86. The zero-order valence-corrected chi connectivity index (χ0v) is 18.1. The van der Waals surface area contributed by atoms with Crippen molar-refractivity contribution >= 4 is 35.0 Å². The molecule has 0 bridgehead atoms. The lowest BCUT2D eigenvalue weighted by molar-refractivity contribution is 0.0626. The zero-order chi connectivity index (χ0) is 20.9. The van der Waals surface area contributed by atoms with E-state index in [1.54, 1.807) is 22.5 Å². The van der Waals surface area contributed by atoms with Gasteiger partial charge in [-0.2, -0.15) is 9.50 Å². The highest BCUT2D eigenvalue weighted by molar-refractivity contribution is 7.98. The van der Waals surface area contributed by atoms with Gasteiger partial charge in [-0.1, -0.05) is 59.8 Å². The number of halogens is 1. The predicted molar refractivity (Wildman–Crippen MR) is 119 cm³/mol. The van der Waals surface area contributed by atoms with Crippen LogP contribution in [0.15, 0.2) is 59.9 Å². The Kier molecular flexibility index (Phi) is 4.47. The van der Waals surface area contributed by atoms with Gasteiger partial charge in [-0.3, -0.25) is 4.79 Å². The van der Waals surface area contributed by atoms with Crippen molar-refractivity contribution in [2.75, 3.05) is 6.54 Å².